The molecule has 6 nitrogen and oxygen atoms in total. The molecule has 0 saturated carbocycles. The molecule has 0 atom stereocenters. The number of halogens is 1. The van der Waals surface area contributed by atoms with E-state index in [1.807, 2.05) is 6.07 Å². The minimum atomic E-state index is -3.70. The minimum absolute atomic E-state index is 0.0415. The topological polar surface area (TPSA) is 78.5 Å². The smallest absolute Gasteiger partial charge is 0.255 e. The zero-order valence-corrected chi connectivity index (χ0v) is 16.7. The maximum atomic E-state index is 12.7. The van der Waals surface area contributed by atoms with E-state index in [2.05, 4.69) is 20.9 Å². The summed E-state index contributed by atoms with van der Waals surface area (Å²) in [5.41, 5.74) is 1.89. The molecule has 0 radical (unpaired) electrons. The van der Waals surface area contributed by atoms with E-state index in [1.54, 1.807) is 12.1 Å². The van der Waals surface area contributed by atoms with Gasteiger partial charge in [-0.2, -0.15) is 4.72 Å². The number of nitrogens with one attached hydrogen (secondary N) is 2. The Morgan fingerprint density at radius 3 is 2.46 bits per heavy atom. The average molecular weight is 418 g/mol. The van der Waals surface area contributed by atoms with Gasteiger partial charge in [0.1, 0.15) is 0 Å². The lowest BCUT2D eigenvalue weighted by Gasteiger charge is -2.22. The molecule has 0 aromatic heterocycles. The number of terminal acetylenes is 1. The predicted octanol–water partition coefficient (Wildman–Crippen LogP) is 3.10. The lowest BCUT2D eigenvalue weighted by atomic mass is 10.2. The molecular formula is C20H20ClN3O3S. The summed E-state index contributed by atoms with van der Waals surface area (Å²) < 4.78 is 26.4. The number of sulfonamides is 1. The maximum absolute atomic E-state index is 12.7. The second-order valence-corrected chi connectivity index (χ2v) is 8.57. The van der Waals surface area contributed by atoms with E-state index < -0.39 is 10.0 Å². The number of amides is 1. The van der Waals surface area contributed by atoms with Crippen molar-refractivity contribution in [2.24, 2.45) is 0 Å². The highest BCUT2D eigenvalue weighted by Crippen LogP contribution is 2.32. The summed E-state index contributed by atoms with van der Waals surface area (Å²) in [5, 5.41) is 3.41. The summed E-state index contributed by atoms with van der Waals surface area (Å²) in [6.07, 6.45) is 7.30. The van der Waals surface area contributed by atoms with E-state index in [0.717, 1.165) is 31.6 Å². The summed E-state index contributed by atoms with van der Waals surface area (Å²) in [6.45, 7) is 1.77. The van der Waals surface area contributed by atoms with Crippen molar-refractivity contribution in [3.8, 4) is 12.3 Å². The monoisotopic (exact) mass is 417 g/mol. The Balaban J connectivity index is 1.79. The standard InChI is InChI=1S/C20H20ClN3O3S/c1-2-11-22-28(26,27)17-8-5-15(6-9-17)20(25)23-18-14-16(21)7-10-19(18)24-12-3-4-13-24/h1,5-10,14,22H,3-4,11-13H2,(H,23,25). The Bertz CT molecular complexity index is 1010. The molecule has 3 rings (SSSR count). The van der Waals surface area contributed by atoms with Crippen LogP contribution in [0.5, 0.6) is 0 Å². The lowest BCUT2D eigenvalue weighted by molar-refractivity contribution is 0.102. The summed E-state index contributed by atoms with van der Waals surface area (Å²) in [4.78, 5) is 14.9. The lowest BCUT2D eigenvalue weighted by Crippen LogP contribution is -2.24. The zero-order valence-electron chi connectivity index (χ0n) is 15.1. The molecule has 0 bridgehead atoms. The molecule has 2 aromatic carbocycles. The van der Waals surface area contributed by atoms with Gasteiger partial charge in [-0.3, -0.25) is 4.79 Å². The van der Waals surface area contributed by atoms with E-state index in [1.165, 1.54) is 24.3 Å². The van der Waals surface area contributed by atoms with Gasteiger partial charge in [-0.15, -0.1) is 6.42 Å². The third-order valence-corrected chi connectivity index (χ3v) is 6.10. The van der Waals surface area contributed by atoms with Crippen molar-refractivity contribution in [1.82, 2.24) is 4.72 Å². The Morgan fingerprint density at radius 1 is 1.14 bits per heavy atom. The molecular weight excluding hydrogens is 398 g/mol. The zero-order chi connectivity index (χ0) is 20.1. The first kappa shape index (κ1) is 20.2. The van der Waals surface area contributed by atoms with E-state index in [9.17, 15) is 13.2 Å². The van der Waals surface area contributed by atoms with Crippen molar-refractivity contribution in [3.05, 3.63) is 53.1 Å². The molecule has 2 aromatic rings. The van der Waals surface area contributed by atoms with Gasteiger partial charge in [0.15, 0.2) is 0 Å². The van der Waals surface area contributed by atoms with Crippen LogP contribution in [0.3, 0.4) is 0 Å². The fraction of sp³-hybridized carbons (Fsp3) is 0.250. The van der Waals surface area contributed by atoms with Crippen LogP contribution >= 0.6 is 11.6 Å². The van der Waals surface area contributed by atoms with Crippen LogP contribution in [-0.2, 0) is 10.0 Å². The Labute approximate surface area is 169 Å². The summed E-state index contributed by atoms with van der Waals surface area (Å²) in [7, 11) is -3.70. The number of nitrogens with zero attached hydrogens (tertiary/aromatic N) is 1. The highest BCUT2D eigenvalue weighted by molar-refractivity contribution is 7.89. The molecule has 1 saturated heterocycles. The third kappa shape index (κ3) is 4.65. The molecule has 2 N–H and O–H groups in total. The molecule has 1 heterocycles. The SMILES string of the molecule is C#CCNS(=O)(=O)c1ccc(C(=O)Nc2cc(Cl)ccc2N2CCCC2)cc1. The fourth-order valence-corrected chi connectivity index (χ4v) is 4.15. The average Bonchev–Trinajstić information content (AvgIpc) is 3.21. The van der Waals surface area contributed by atoms with E-state index in [-0.39, 0.29) is 17.3 Å². The van der Waals surface area contributed by atoms with Crippen molar-refractivity contribution in [3.63, 3.8) is 0 Å². The van der Waals surface area contributed by atoms with Crippen molar-refractivity contribution < 1.29 is 13.2 Å². The highest BCUT2D eigenvalue weighted by atomic mass is 35.5. The number of carbonyl (C=O) groups excluding carboxylic acids is 1. The minimum Gasteiger partial charge on any atom is -0.370 e. The van der Waals surface area contributed by atoms with Crippen molar-refractivity contribution >= 4 is 38.9 Å². The highest BCUT2D eigenvalue weighted by Gasteiger charge is 2.19. The van der Waals surface area contributed by atoms with Crippen LogP contribution in [0.4, 0.5) is 11.4 Å². The van der Waals surface area contributed by atoms with Crippen LogP contribution < -0.4 is 14.9 Å². The van der Waals surface area contributed by atoms with E-state index in [0.29, 0.717) is 16.3 Å². The molecule has 1 fully saturated rings. The summed E-state index contributed by atoms with van der Waals surface area (Å²) >= 11 is 6.11. The summed E-state index contributed by atoms with van der Waals surface area (Å²) in [6, 6.07) is 11.1. The van der Waals surface area contributed by atoms with Crippen LogP contribution in [0, 0.1) is 12.3 Å². The molecule has 1 amide bonds. The maximum Gasteiger partial charge on any atom is 0.255 e. The quantitative estimate of drug-likeness (QED) is 0.708. The van der Waals surface area contributed by atoms with Gasteiger partial charge in [0.25, 0.3) is 5.91 Å². The number of hydrogen-bond acceptors (Lipinski definition) is 4. The van der Waals surface area contributed by atoms with Crippen LogP contribution in [0.15, 0.2) is 47.4 Å². The first-order chi connectivity index (χ1) is 13.4. The first-order valence-electron chi connectivity index (χ1n) is 8.80. The van der Waals surface area contributed by atoms with Crippen LogP contribution in [0.2, 0.25) is 5.02 Å². The molecule has 1 aliphatic rings. The molecule has 0 spiro atoms. The Hall–Kier alpha value is -2.53. The van der Waals surface area contributed by atoms with Gasteiger partial charge in [-0.25, -0.2) is 8.42 Å². The number of anilines is 2. The molecule has 0 unspecified atom stereocenters. The number of rotatable bonds is 6. The van der Waals surface area contributed by atoms with Gasteiger partial charge >= 0.3 is 0 Å². The van der Waals surface area contributed by atoms with Gasteiger partial charge in [0.2, 0.25) is 10.0 Å². The molecule has 0 aliphatic carbocycles. The van der Waals surface area contributed by atoms with Crippen LogP contribution in [0.1, 0.15) is 23.2 Å². The molecule has 1 aliphatic heterocycles. The van der Waals surface area contributed by atoms with E-state index in [4.69, 9.17) is 18.0 Å². The van der Waals surface area contributed by atoms with Gasteiger partial charge in [0.05, 0.1) is 22.8 Å². The van der Waals surface area contributed by atoms with E-state index >= 15 is 0 Å². The van der Waals surface area contributed by atoms with Crippen molar-refractivity contribution in [2.75, 3.05) is 29.9 Å². The molecule has 146 valence electrons. The predicted molar refractivity (Wildman–Crippen MR) is 111 cm³/mol. The third-order valence-electron chi connectivity index (χ3n) is 4.44. The van der Waals surface area contributed by atoms with Crippen LogP contribution in [-0.4, -0.2) is 34.0 Å². The fourth-order valence-electron chi connectivity index (χ4n) is 3.04. The largest absolute Gasteiger partial charge is 0.370 e. The summed E-state index contributed by atoms with van der Waals surface area (Å²) in [5.74, 6) is 1.87. The number of benzene rings is 2. The Kier molecular flexibility index (Phi) is 6.25. The molecule has 8 heteroatoms. The second-order valence-electron chi connectivity index (χ2n) is 6.36. The molecule has 28 heavy (non-hydrogen) atoms. The van der Waals surface area contributed by atoms with Gasteiger partial charge in [0, 0.05) is 23.7 Å². The second kappa shape index (κ2) is 8.65. The van der Waals surface area contributed by atoms with Gasteiger partial charge in [-0.05, 0) is 55.3 Å². The van der Waals surface area contributed by atoms with Crippen LogP contribution in [0.25, 0.3) is 0 Å². The Morgan fingerprint density at radius 2 is 1.82 bits per heavy atom. The first-order valence-corrected chi connectivity index (χ1v) is 10.7. The van der Waals surface area contributed by atoms with Crippen molar-refractivity contribution in [1.29, 1.82) is 0 Å². The van der Waals surface area contributed by atoms with Crippen molar-refractivity contribution in [2.45, 2.75) is 17.7 Å². The normalized spacial score (nSPS) is 13.9. The number of carbonyl (C=O) groups is 1. The number of hydrogen-bond donors (Lipinski definition) is 2. The van der Waals surface area contributed by atoms with Gasteiger partial charge < -0.3 is 10.2 Å². The van der Waals surface area contributed by atoms with Gasteiger partial charge in [-0.1, -0.05) is 17.5 Å².